The van der Waals surface area contributed by atoms with Crippen molar-refractivity contribution < 1.29 is 39.5 Å². The smallest absolute Gasteiger partial charge is 0.339 e. The zero-order chi connectivity index (χ0) is 16.9. The number of benzene rings is 1. The Kier molecular flexibility index (Phi) is 5.61. The Bertz CT molecular complexity index is 589. The zero-order valence-corrected chi connectivity index (χ0v) is 11.8. The Morgan fingerprint density at radius 3 is 2.09 bits per heavy atom. The summed E-state index contributed by atoms with van der Waals surface area (Å²) < 4.78 is 4.89. The highest BCUT2D eigenvalue weighted by atomic mass is 16.5. The monoisotopic (exact) mass is 312 g/mol. The minimum Gasteiger partial charge on any atom is -0.478 e. The number of carbonyl (C=O) groups excluding carboxylic acids is 1. The van der Waals surface area contributed by atoms with Crippen molar-refractivity contribution in [2.75, 3.05) is 19.8 Å². The molecule has 0 aliphatic rings. The van der Waals surface area contributed by atoms with E-state index in [4.69, 9.17) is 25.2 Å². The molecule has 22 heavy (non-hydrogen) atoms. The summed E-state index contributed by atoms with van der Waals surface area (Å²) in [5.41, 5.74) is -2.15. The summed E-state index contributed by atoms with van der Waals surface area (Å²) >= 11 is 0. The average Bonchev–Trinajstić information content (AvgIpc) is 2.51. The Morgan fingerprint density at radius 1 is 1.05 bits per heavy atom. The Balaban J connectivity index is 3.07. The Hall–Kier alpha value is -2.45. The van der Waals surface area contributed by atoms with Crippen molar-refractivity contribution >= 4 is 17.9 Å². The van der Waals surface area contributed by atoms with Gasteiger partial charge in [-0.1, -0.05) is 6.92 Å². The van der Waals surface area contributed by atoms with Crippen LogP contribution >= 0.6 is 0 Å². The summed E-state index contributed by atoms with van der Waals surface area (Å²) in [6.45, 7) is 0.219. The lowest BCUT2D eigenvalue weighted by molar-refractivity contribution is -0.00645. The molecule has 0 heterocycles. The SMILES string of the molecule is CC(CO)(CO)COC(=O)c1cc(C(=O)O)ccc1C(=O)O. The van der Waals surface area contributed by atoms with Crippen LogP contribution in [0, 0.1) is 5.41 Å². The van der Waals surface area contributed by atoms with Crippen LogP contribution in [0.1, 0.15) is 38.0 Å². The molecule has 0 spiro atoms. The summed E-state index contributed by atoms with van der Waals surface area (Å²) in [4.78, 5) is 34.0. The minimum absolute atomic E-state index is 0.260. The topological polar surface area (TPSA) is 141 Å². The van der Waals surface area contributed by atoms with Crippen molar-refractivity contribution in [1.82, 2.24) is 0 Å². The third-order valence-corrected chi connectivity index (χ3v) is 3.03. The molecular formula is C14H16O8. The van der Waals surface area contributed by atoms with Gasteiger partial charge in [0.05, 0.1) is 29.9 Å². The number of aliphatic hydroxyl groups excluding tert-OH is 2. The van der Waals surface area contributed by atoms with Crippen molar-refractivity contribution in [3.8, 4) is 0 Å². The number of ether oxygens (including phenoxy) is 1. The van der Waals surface area contributed by atoms with Gasteiger partial charge in [0.2, 0.25) is 0 Å². The zero-order valence-electron chi connectivity index (χ0n) is 11.8. The molecule has 8 nitrogen and oxygen atoms in total. The number of esters is 1. The molecule has 0 unspecified atom stereocenters. The summed E-state index contributed by atoms with van der Waals surface area (Å²) in [5, 5.41) is 36.1. The van der Waals surface area contributed by atoms with Crippen LogP contribution in [-0.2, 0) is 4.74 Å². The van der Waals surface area contributed by atoms with Crippen LogP contribution in [0.3, 0.4) is 0 Å². The fraction of sp³-hybridized carbons (Fsp3) is 0.357. The van der Waals surface area contributed by atoms with Crippen LogP contribution in [0.25, 0.3) is 0 Å². The van der Waals surface area contributed by atoms with E-state index in [9.17, 15) is 14.4 Å². The maximum atomic E-state index is 12.0. The molecule has 1 aromatic rings. The van der Waals surface area contributed by atoms with Gasteiger partial charge in [0.15, 0.2) is 0 Å². The number of carboxylic acid groups (broad SMARTS) is 2. The van der Waals surface area contributed by atoms with Gasteiger partial charge in [-0.15, -0.1) is 0 Å². The molecule has 0 amide bonds. The van der Waals surface area contributed by atoms with Gasteiger partial charge < -0.3 is 25.2 Å². The molecule has 0 saturated heterocycles. The molecule has 0 atom stereocenters. The lowest BCUT2D eigenvalue weighted by Gasteiger charge is -2.23. The van der Waals surface area contributed by atoms with Gasteiger partial charge in [-0.25, -0.2) is 14.4 Å². The highest BCUT2D eigenvalue weighted by Gasteiger charge is 2.27. The van der Waals surface area contributed by atoms with Crippen molar-refractivity contribution in [1.29, 1.82) is 0 Å². The van der Waals surface area contributed by atoms with Crippen molar-refractivity contribution in [3.05, 3.63) is 34.9 Å². The van der Waals surface area contributed by atoms with Crippen molar-refractivity contribution in [2.24, 2.45) is 5.41 Å². The Morgan fingerprint density at radius 2 is 1.64 bits per heavy atom. The van der Waals surface area contributed by atoms with Crippen LogP contribution in [0.2, 0.25) is 0 Å². The molecule has 1 aromatic carbocycles. The molecule has 0 aliphatic carbocycles. The van der Waals surface area contributed by atoms with Crippen LogP contribution in [0.5, 0.6) is 0 Å². The highest BCUT2D eigenvalue weighted by molar-refractivity contribution is 6.04. The number of hydrogen-bond donors (Lipinski definition) is 4. The number of hydrogen-bond acceptors (Lipinski definition) is 6. The highest BCUT2D eigenvalue weighted by Crippen LogP contribution is 2.18. The molecular weight excluding hydrogens is 296 g/mol. The normalized spacial score (nSPS) is 11.0. The second-order valence-electron chi connectivity index (χ2n) is 5.07. The summed E-state index contributed by atoms with van der Waals surface area (Å²) in [7, 11) is 0. The van der Waals surface area contributed by atoms with Gasteiger partial charge in [-0.05, 0) is 18.2 Å². The third-order valence-electron chi connectivity index (χ3n) is 3.03. The van der Waals surface area contributed by atoms with Gasteiger partial charge in [0.25, 0.3) is 0 Å². The van der Waals surface area contributed by atoms with E-state index < -0.39 is 47.7 Å². The van der Waals surface area contributed by atoms with E-state index in [1.54, 1.807) is 0 Å². The third kappa shape index (κ3) is 4.03. The number of carboxylic acids is 2. The van der Waals surface area contributed by atoms with Gasteiger partial charge in [0.1, 0.15) is 6.61 Å². The van der Waals surface area contributed by atoms with Gasteiger partial charge in [-0.2, -0.15) is 0 Å². The second-order valence-corrected chi connectivity index (χ2v) is 5.07. The molecule has 0 saturated carbocycles. The second kappa shape index (κ2) is 7.01. The lowest BCUT2D eigenvalue weighted by atomic mass is 9.94. The van der Waals surface area contributed by atoms with E-state index in [1.165, 1.54) is 6.92 Å². The lowest BCUT2D eigenvalue weighted by Crippen LogP contribution is -2.33. The number of rotatable bonds is 7. The Labute approximate surface area is 125 Å². The standard InChI is InChI=1S/C14H16O8/c1-14(5-15,6-16)7-22-13(21)10-4-8(11(17)18)2-3-9(10)12(19)20/h2-4,15-16H,5-7H2,1H3,(H,17,18)(H,19,20). The predicted octanol–water partition coefficient (Wildman–Crippen LogP) is 0.231. The number of aliphatic hydroxyl groups is 2. The number of carbonyl (C=O) groups is 3. The van der Waals surface area contributed by atoms with E-state index in [0.717, 1.165) is 18.2 Å². The maximum Gasteiger partial charge on any atom is 0.339 e. The predicted molar refractivity (Wildman–Crippen MR) is 72.9 cm³/mol. The van der Waals surface area contributed by atoms with E-state index in [1.807, 2.05) is 0 Å². The molecule has 0 aromatic heterocycles. The molecule has 1 rings (SSSR count). The molecule has 120 valence electrons. The summed E-state index contributed by atoms with van der Waals surface area (Å²) in [6, 6.07) is 2.97. The fourth-order valence-electron chi connectivity index (χ4n) is 1.49. The molecule has 0 radical (unpaired) electrons. The van der Waals surface area contributed by atoms with Crippen LogP contribution < -0.4 is 0 Å². The maximum absolute atomic E-state index is 12.0. The van der Waals surface area contributed by atoms with Crippen LogP contribution in [0.15, 0.2) is 18.2 Å². The fourth-order valence-corrected chi connectivity index (χ4v) is 1.49. The van der Waals surface area contributed by atoms with Crippen LogP contribution in [0.4, 0.5) is 0 Å². The molecule has 4 N–H and O–H groups in total. The molecule has 8 heteroatoms. The first-order valence-electron chi connectivity index (χ1n) is 6.23. The largest absolute Gasteiger partial charge is 0.478 e. The summed E-state index contributed by atoms with van der Waals surface area (Å²) in [5.74, 6) is -3.77. The molecule has 0 fully saturated rings. The average molecular weight is 312 g/mol. The first kappa shape index (κ1) is 17.6. The van der Waals surface area contributed by atoms with Crippen molar-refractivity contribution in [2.45, 2.75) is 6.92 Å². The van der Waals surface area contributed by atoms with E-state index >= 15 is 0 Å². The first-order chi connectivity index (χ1) is 10.2. The molecule has 0 bridgehead atoms. The van der Waals surface area contributed by atoms with E-state index in [0.29, 0.717) is 0 Å². The van der Waals surface area contributed by atoms with Gasteiger partial charge >= 0.3 is 17.9 Å². The van der Waals surface area contributed by atoms with Gasteiger partial charge in [-0.3, -0.25) is 0 Å². The summed E-state index contributed by atoms with van der Waals surface area (Å²) in [6.07, 6.45) is 0. The minimum atomic E-state index is -1.41. The van der Waals surface area contributed by atoms with Crippen molar-refractivity contribution in [3.63, 3.8) is 0 Å². The molecule has 0 aliphatic heterocycles. The quantitative estimate of drug-likeness (QED) is 0.524. The number of aromatic carboxylic acids is 2. The van der Waals surface area contributed by atoms with E-state index in [-0.39, 0.29) is 12.2 Å². The van der Waals surface area contributed by atoms with Gasteiger partial charge in [0, 0.05) is 5.41 Å². The van der Waals surface area contributed by atoms with E-state index in [2.05, 4.69) is 0 Å². The van der Waals surface area contributed by atoms with Crippen LogP contribution in [-0.4, -0.2) is 58.2 Å². The first-order valence-corrected chi connectivity index (χ1v) is 6.23.